The second kappa shape index (κ2) is 7.17. The van der Waals surface area contributed by atoms with Crippen molar-refractivity contribution in [3.8, 4) is 5.69 Å². The summed E-state index contributed by atoms with van der Waals surface area (Å²) in [5.41, 5.74) is 1.31. The van der Waals surface area contributed by atoms with Crippen LogP contribution < -0.4 is 0 Å². The molecule has 24 heavy (non-hydrogen) atoms. The van der Waals surface area contributed by atoms with Gasteiger partial charge >= 0.3 is 0 Å². The molecule has 1 amide bonds. The Morgan fingerprint density at radius 3 is 2.75 bits per heavy atom. The maximum Gasteiger partial charge on any atom is 0.274 e. The molecule has 1 saturated heterocycles. The van der Waals surface area contributed by atoms with Crippen LogP contribution in [0.2, 0.25) is 5.02 Å². The average Bonchev–Trinajstić information content (AvgIpc) is 3.21. The molecule has 1 aromatic carbocycles. The maximum atomic E-state index is 12.8. The van der Waals surface area contributed by atoms with E-state index in [-0.39, 0.29) is 5.91 Å². The lowest BCUT2D eigenvalue weighted by molar-refractivity contribution is 0.0777. The number of carbonyl (C=O) groups excluding carboxylic acids is 1. The molecule has 0 spiro atoms. The molecule has 128 valence electrons. The number of benzene rings is 1. The van der Waals surface area contributed by atoms with Gasteiger partial charge in [0.1, 0.15) is 0 Å². The monoisotopic (exact) mass is 364 g/mol. The summed E-state index contributed by atoms with van der Waals surface area (Å²) < 4.78 is 1.69. The molecule has 0 radical (unpaired) electrons. The van der Waals surface area contributed by atoms with Crippen LogP contribution in [0.15, 0.2) is 36.5 Å². The maximum absolute atomic E-state index is 12.8. The second-order valence-corrected chi connectivity index (χ2v) is 7.65. The third-order valence-corrected chi connectivity index (χ3v) is 5.67. The fraction of sp³-hybridized carbons (Fsp3) is 0.412. The van der Waals surface area contributed by atoms with Gasteiger partial charge in [0.2, 0.25) is 0 Å². The van der Waals surface area contributed by atoms with Crippen molar-refractivity contribution < 1.29 is 4.79 Å². The number of halogens is 1. The topological polar surface area (TPSA) is 41.4 Å². The summed E-state index contributed by atoms with van der Waals surface area (Å²) in [6.07, 6.45) is 3.90. The quantitative estimate of drug-likeness (QED) is 0.836. The van der Waals surface area contributed by atoms with E-state index in [4.69, 9.17) is 11.6 Å². The van der Waals surface area contributed by atoms with Crippen LogP contribution in [-0.2, 0) is 0 Å². The number of likely N-dealkylation sites (tertiary alicyclic amines) is 1. The number of amides is 1. The van der Waals surface area contributed by atoms with E-state index < -0.39 is 0 Å². The Kier molecular flexibility index (Phi) is 5.18. The van der Waals surface area contributed by atoms with E-state index in [9.17, 15) is 4.79 Å². The zero-order chi connectivity index (χ0) is 17.3. The van der Waals surface area contributed by atoms with E-state index in [2.05, 4.69) is 30.3 Å². The lowest BCUT2D eigenvalue weighted by atomic mass is 10.2. The summed E-state index contributed by atoms with van der Waals surface area (Å²) in [5.74, 6) is -0.0146. The fourth-order valence-corrected chi connectivity index (χ4v) is 4.17. The van der Waals surface area contributed by atoms with Crippen molar-refractivity contribution in [2.24, 2.45) is 0 Å². The standard InChI is InChI=1S/C17H21ClN4OS/c1-20(2)15-10-21(11-16(15)24-3)17(23)14-7-8-22(19-14)13-6-4-5-12(18)9-13/h4-9,15-16H,10-11H2,1-3H3. The Labute approximate surface area is 151 Å². The largest absolute Gasteiger partial charge is 0.334 e. The van der Waals surface area contributed by atoms with Gasteiger partial charge in [-0.05, 0) is 44.6 Å². The van der Waals surface area contributed by atoms with Gasteiger partial charge in [-0.2, -0.15) is 16.9 Å². The van der Waals surface area contributed by atoms with Crippen LogP contribution in [0.4, 0.5) is 0 Å². The molecule has 0 N–H and O–H groups in total. The first-order chi connectivity index (χ1) is 11.5. The predicted molar refractivity (Wildman–Crippen MR) is 99.3 cm³/mol. The van der Waals surface area contributed by atoms with E-state index in [1.165, 1.54) is 0 Å². The molecule has 1 fully saturated rings. The van der Waals surface area contributed by atoms with Gasteiger partial charge in [-0.25, -0.2) is 4.68 Å². The van der Waals surface area contributed by atoms with Crippen molar-refractivity contribution in [3.05, 3.63) is 47.2 Å². The third-order valence-electron chi connectivity index (χ3n) is 4.37. The summed E-state index contributed by atoms with van der Waals surface area (Å²) in [6, 6.07) is 9.56. The Hall–Kier alpha value is -1.50. The predicted octanol–water partition coefficient (Wildman–Crippen LogP) is 2.64. The van der Waals surface area contributed by atoms with Crippen LogP contribution in [-0.4, -0.2) is 70.2 Å². The third kappa shape index (κ3) is 3.45. The summed E-state index contributed by atoms with van der Waals surface area (Å²) >= 11 is 7.84. The highest BCUT2D eigenvalue weighted by atomic mass is 35.5. The van der Waals surface area contributed by atoms with Crippen LogP contribution in [0, 0.1) is 0 Å². The molecule has 2 atom stereocenters. The van der Waals surface area contributed by atoms with Crippen LogP contribution >= 0.6 is 23.4 Å². The number of thioether (sulfide) groups is 1. The number of nitrogens with zero attached hydrogens (tertiary/aromatic N) is 4. The minimum absolute atomic E-state index is 0.0146. The Balaban J connectivity index is 1.77. The fourth-order valence-electron chi connectivity index (χ4n) is 3.01. The highest BCUT2D eigenvalue weighted by molar-refractivity contribution is 7.99. The minimum atomic E-state index is -0.0146. The average molecular weight is 365 g/mol. The van der Waals surface area contributed by atoms with E-state index in [0.29, 0.717) is 22.0 Å². The van der Waals surface area contributed by atoms with Gasteiger partial charge in [-0.15, -0.1) is 0 Å². The van der Waals surface area contributed by atoms with E-state index in [1.54, 1.807) is 16.9 Å². The molecule has 0 aliphatic carbocycles. The molecule has 1 aromatic heterocycles. The highest BCUT2D eigenvalue weighted by Crippen LogP contribution is 2.25. The molecule has 1 aliphatic rings. The van der Waals surface area contributed by atoms with Gasteiger partial charge in [0.05, 0.1) is 5.69 Å². The Bertz CT molecular complexity index is 733. The molecule has 5 nitrogen and oxygen atoms in total. The van der Waals surface area contributed by atoms with Gasteiger partial charge in [-0.1, -0.05) is 17.7 Å². The van der Waals surface area contributed by atoms with Crippen molar-refractivity contribution in [1.82, 2.24) is 19.6 Å². The normalized spacial score (nSPS) is 20.8. The minimum Gasteiger partial charge on any atom is -0.334 e. The van der Waals surface area contributed by atoms with Crippen LogP contribution in [0.3, 0.4) is 0 Å². The van der Waals surface area contributed by atoms with E-state index in [1.807, 2.05) is 40.9 Å². The number of hydrogen-bond acceptors (Lipinski definition) is 4. The number of likely N-dealkylation sites (N-methyl/N-ethyl adjacent to an activating group) is 1. The van der Waals surface area contributed by atoms with Gasteiger partial charge in [0.15, 0.2) is 5.69 Å². The molecule has 2 aromatic rings. The van der Waals surface area contributed by atoms with Crippen LogP contribution in [0.25, 0.3) is 5.69 Å². The molecule has 2 heterocycles. The highest BCUT2D eigenvalue weighted by Gasteiger charge is 2.36. The van der Waals surface area contributed by atoms with Gasteiger partial charge in [0.25, 0.3) is 5.91 Å². The number of hydrogen-bond donors (Lipinski definition) is 0. The van der Waals surface area contributed by atoms with Crippen molar-refractivity contribution in [2.45, 2.75) is 11.3 Å². The summed E-state index contributed by atoms with van der Waals surface area (Å²) in [5, 5.41) is 5.51. The van der Waals surface area contributed by atoms with Gasteiger partial charge < -0.3 is 9.80 Å². The molecule has 2 unspecified atom stereocenters. The lowest BCUT2D eigenvalue weighted by Gasteiger charge is -2.23. The zero-order valence-electron chi connectivity index (χ0n) is 14.0. The molecule has 3 rings (SSSR count). The first-order valence-corrected chi connectivity index (χ1v) is 9.46. The van der Waals surface area contributed by atoms with Gasteiger partial charge in [-0.3, -0.25) is 4.79 Å². The van der Waals surface area contributed by atoms with Crippen molar-refractivity contribution in [2.75, 3.05) is 33.4 Å². The van der Waals surface area contributed by atoms with E-state index >= 15 is 0 Å². The molecule has 0 saturated carbocycles. The molecule has 7 heteroatoms. The van der Waals surface area contributed by atoms with Crippen molar-refractivity contribution in [3.63, 3.8) is 0 Å². The van der Waals surface area contributed by atoms with Crippen molar-refractivity contribution >= 4 is 29.3 Å². The number of carbonyl (C=O) groups is 1. The number of aromatic nitrogens is 2. The zero-order valence-corrected chi connectivity index (χ0v) is 15.6. The van der Waals surface area contributed by atoms with Gasteiger partial charge in [0, 0.05) is 35.6 Å². The molecular formula is C17H21ClN4OS. The summed E-state index contributed by atoms with van der Waals surface area (Å²) in [7, 11) is 4.13. The van der Waals surface area contributed by atoms with E-state index in [0.717, 1.165) is 18.8 Å². The van der Waals surface area contributed by atoms with Crippen LogP contribution in [0.5, 0.6) is 0 Å². The Morgan fingerprint density at radius 1 is 1.33 bits per heavy atom. The van der Waals surface area contributed by atoms with Crippen molar-refractivity contribution in [1.29, 1.82) is 0 Å². The SMILES string of the molecule is CSC1CN(C(=O)c2ccn(-c3cccc(Cl)c3)n2)CC1N(C)C. The molecule has 1 aliphatic heterocycles. The molecular weight excluding hydrogens is 344 g/mol. The lowest BCUT2D eigenvalue weighted by Crippen LogP contribution is -2.37. The smallest absolute Gasteiger partial charge is 0.274 e. The summed E-state index contributed by atoms with van der Waals surface area (Å²) in [6.45, 7) is 1.49. The molecule has 0 bridgehead atoms. The number of rotatable bonds is 4. The second-order valence-electron chi connectivity index (χ2n) is 6.14. The first-order valence-electron chi connectivity index (χ1n) is 7.79. The first kappa shape index (κ1) is 17.3. The van der Waals surface area contributed by atoms with Crippen LogP contribution in [0.1, 0.15) is 10.5 Å². The summed E-state index contributed by atoms with van der Waals surface area (Å²) in [4.78, 5) is 16.9. The Morgan fingerprint density at radius 2 is 2.12 bits per heavy atom.